The quantitative estimate of drug-likeness (QED) is 0.721. The van der Waals surface area contributed by atoms with Crippen molar-refractivity contribution in [3.8, 4) is 0 Å². The summed E-state index contributed by atoms with van der Waals surface area (Å²) in [5.74, 6) is 0.775. The number of carbonyl (C=O) groups is 2. The fourth-order valence-corrected chi connectivity index (χ4v) is 4.60. The summed E-state index contributed by atoms with van der Waals surface area (Å²) < 4.78 is 0. The van der Waals surface area contributed by atoms with Crippen LogP contribution in [0.25, 0.3) is 0 Å². The Morgan fingerprint density at radius 3 is 2.29 bits per heavy atom. The maximum absolute atomic E-state index is 13.1. The zero-order valence-corrected chi connectivity index (χ0v) is 16.9. The highest BCUT2D eigenvalue weighted by Crippen LogP contribution is 2.29. The Bertz CT molecular complexity index is 620. The van der Waals surface area contributed by atoms with E-state index >= 15 is 0 Å². The van der Waals surface area contributed by atoms with Gasteiger partial charge in [-0.05, 0) is 57.1 Å². The van der Waals surface area contributed by atoms with Crippen molar-refractivity contribution in [3.63, 3.8) is 0 Å². The van der Waals surface area contributed by atoms with Crippen LogP contribution in [-0.2, 0) is 16.1 Å². The summed E-state index contributed by atoms with van der Waals surface area (Å²) in [5.41, 5.74) is 6.84. The molecule has 1 aromatic rings. The second-order valence-corrected chi connectivity index (χ2v) is 8.43. The maximum Gasteiger partial charge on any atom is 0.225 e. The van der Waals surface area contributed by atoms with Crippen LogP contribution in [-0.4, -0.2) is 35.8 Å². The van der Waals surface area contributed by atoms with E-state index in [4.69, 9.17) is 5.73 Å². The lowest BCUT2D eigenvalue weighted by atomic mass is 9.84. The Morgan fingerprint density at radius 2 is 1.64 bits per heavy atom. The zero-order chi connectivity index (χ0) is 19.8. The molecule has 2 aliphatic rings. The minimum atomic E-state index is 0.0705. The Hall–Kier alpha value is -1.88. The average molecular weight is 386 g/mol. The Balaban J connectivity index is 1.50. The van der Waals surface area contributed by atoms with Crippen LogP contribution in [0.5, 0.6) is 0 Å². The molecule has 5 heteroatoms. The van der Waals surface area contributed by atoms with Crippen molar-refractivity contribution < 1.29 is 9.59 Å². The Kier molecular flexibility index (Phi) is 7.90. The van der Waals surface area contributed by atoms with Gasteiger partial charge in [-0.2, -0.15) is 0 Å². The lowest BCUT2D eigenvalue weighted by Gasteiger charge is -2.33. The fourth-order valence-electron chi connectivity index (χ4n) is 4.60. The van der Waals surface area contributed by atoms with Crippen LogP contribution in [0.1, 0.15) is 63.4 Å². The number of hydrogen-bond acceptors (Lipinski definition) is 3. The van der Waals surface area contributed by atoms with Crippen molar-refractivity contribution in [2.45, 2.75) is 70.4 Å². The lowest BCUT2D eigenvalue weighted by Crippen LogP contribution is -2.43. The predicted molar refractivity (Wildman–Crippen MR) is 111 cm³/mol. The standard InChI is InChI=1S/C23H35N3O2/c24-15-6-16-26(17-18-7-2-1-3-8-18)23(28)20-11-13-21(14-12-20)25-22(27)19-9-4-5-10-19/h1-3,7-8,19-21H,4-6,9-17,24H2,(H,25,27). The molecule has 5 nitrogen and oxygen atoms in total. The van der Waals surface area contributed by atoms with Crippen LogP contribution >= 0.6 is 0 Å². The first-order valence-corrected chi connectivity index (χ1v) is 11.0. The highest BCUT2D eigenvalue weighted by Gasteiger charge is 2.31. The zero-order valence-electron chi connectivity index (χ0n) is 16.9. The first-order chi connectivity index (χ1) is 13.7. The SMILES string of the molecule is NCCCN(Cc1ccccc1)C(=O)C1CCC(NC(=O)C2CCCC2)CC1. The Morgan fingerprint density at radius 1 is 0.964 bits per heavy atom. The van der Waals surface area contributed by atoms with E-state index in [1.165, 1.54) is 12.8 Å². The van der Waals surface area contributed by atoms with Crippen molar-refractivity contribution in [2.75, 3.05) is 13.1 Å². The monoisotopic (exact) mass is 385 g/mol. The van der Waals surface area contributed by atoms with Gasteiger partial charge >= 0.3 is 0 Å². The van der Waals surface area contributed by atoms with Gasteiger partial charge in [0.15, 0.2) is 0 Å². The number of nitrogens with two attached hydrogens (primary N) is 1. The van der Waals surface area contributed by atoms with Gasteiger partial charge in [0.1, 0.15) is 0 Å². The molecule has 0 aliphatic heterocycles. The van der Waals surface area contributed by atoms with Crippen molar-refractivity contribution >= 4 is 11.8 Å². The van der Waals surface area contributed by atoms with Crippen LogP contribution < -0.4 is 11.1 Å². The molecule has 0 aromatic heterocycles. The molecule has 2 amide bonds. The summed E-state index contributed by atoms with van der Waals surface area (Å²) in [6, 6.07) is 10.4. The Labute approximate surface area is 169 Å². The van der Waals surface area contributed by atoms with Crippen LogP contribution in [0, 0.1) is 11.8 Å². The number of carbonyl (C=O) groups excluding carboxylic acids is 2. The summed E-state index contributed by atoms with van der Waals surface area (Å²) in [4.78, 5) is 27.5. The van der Waals surface area contributed by atoms with E-state index in [2.05, 4.69) is 17.4 Å². The van der Waals surface area contributed by atoms with Crippen molar-refractivity contribution in [1.82, 2.24) is 10.2 Å². The largest absolute Gasteiger partial charge is 0.353 e. The third-order valence-corrected chi connectivity index (χ3v) is 6.31. The summed E-state index contributed by atoms with van der Waals surface area (Å²) in [6.07, 6.45) is 8.80. The van der Waals surface area contributed by atoms with E-state index < -0.39 is 0 Å². The van der Waals surface area contributed by atoms with Crippen LogP contribution in [0.15, 0.2) is 30.3 Å². The first kappa shape index (κ1) is 20.8. The fraction of sp³-hybridized carbons (Fsp3) is 0.652. The van der Waals surface area contributed by atoms with Crippen molar-refractivity contribution in [2.24, 2.45) is 17.6 Å². The molecule has 0 bridgehead atoms. The molecule has 154 valence electrons. The minimum Gasteiger partial charge on any atom is -0.353 e. The topological polar surface area (TPSA) is 75.4 Å². The van der Waals surface area contributed by atoms with Crippen molar-refractivity contribution in [3.05, 3.63) is 35.9 Å². The third kappa shape index (κ3) is 5.81. The van der Waals surface area contributed by atoms with E-state index in [1.54, 1.807) is 0 Å². The van der Waals surface area contributed by atoms with Gasteiger partial charge in [-0.25, -0.2) is 0 Å². The van der Waals surface area contributed by atoms with Gasteiger partial charge in [0.25, 0.3) is 0 Å². The highest BCUT2D eigenvalue weighted by molar-refractivity contribution is 5.80. The number of nitrogens with zero attached hydrogens (tertiary/aromatic N) is 1. The van der Waals surface area contributed by atoms with Gasteiger partial charge in [0, 0.05) is 31.0 Å². The molecule has 2 fully saturated rings. The molecular formula is C23H35N3O2. The van der Waals surface area contributed by atoms with E-state index in [0.717, 1.165) is 50.5 Å². The second-order valence-electron chi connectivity index (χ2n) is 8.43. The molecule has 3 N–H and O–H groups in total. The van der Waals surface area contributed by atoms with Gasteiger partial charge < -0.3 is 16.0 Å². The molecule has 0 spiro atoms. The number of nitrogens with one attached hydrogen (secondary N) is 1. The van der Waals surface area contributed by atoms with E-state index in [-0.39, 0.29) is 29.7 Å². The van der Waals surface area contributed by atoms with Gasteiger partial charge in [0.05, 0.1) is 0 Å². The molecule has 28 heavy (non-hydrogen) atoms. The third-order valence-electron chi connectivity index (χ3n) is 6.31. The first-order valence-electron chi connectivity index (χ1n) is 11.0. The van der Waals surface area contributed by atoms with E-state index in [1.807, 2.05) is 23.1 Å². The number of amides is 2. The smallest absolute Gasteiger partial charge is 0.225 e. The van der Waals surface area contributed by atoms with Crippen LogP contribution in [0.2, 0.25) is 0 Å². The molecule has 0 heterocycles. The molecule has 0 saturated heterocycles. The van der Waals surface area contributed by atoms with E-state index in [9.17, 15) is 9.59 Å². The molecule has 2 saturated carbocycles. The van der Waals surface area contributed by atoms with Gasteiger partial charge in [0.2, 0.25) is 11.8 Å². The summed E-state index contributed by atoms with van der Waals surface area (Å²) in [5, 5.41) is 3.24. The van der Waals surface area contributed by atoms with E-state index in [0.29, 0.717) is 19.6 Å². The van der Waals surface area contributed by atoms with Gasteiger partial charge in [-0.3, -0.25) is 9.59 Å². The van der Waals surface area contributed by atoms with Crippen LogP contribution in [0.3, 0.4) is 0 Å². The summed E-state index contributed by atoms with van der Waals surface area (Å²) in [6.45, 7) is 1.96. The average Bonchev–Trinajstić information content (AvgIpc) is 3.27. The number of hydrogen-bond donors (Lipinski definition) is 2. The summed E-state index contributed by atoms with van der Waals surface area (Å²) in [7, 11) is 0. The second kappa shape index (κ2) is 10.6. The molecule has 0 radical (unpaired) electrons. The number of benzene rings is 1. The normalized spacial score (nSPS) is 22.8. The van der Waals surface area contributed by atoms with Gasteiger partial charge in [-0.1, -0.05) is 43.2 Å². The summed E-state index contributed by atoms with van der Waals surface area (Å²) >= 11 is 0. The predicted octanol–water partition coefficient (Wildman–Crippen LogP) is 3.23. The molecule has 0 unspecified atom stereocenters. The maximum atomic E-state index is 13.1. The lowest BCUT2D eigenvalue weighted by molar-refractivity contribution is -0.137. The molecule has 1 aromatic carbocycles. The molecule has 0 atom stereocenters. The van der Waals surface area contributed by atoms with Crippen molar-refractivity contribution in [1.29, 1.82) is 0 Å². The highest BCUT2D eigenvalue weighted by atomic mass is 16.2. The number of rotatable bonds is 8. The minimum absolute atomic E-state index is 0.0705. The molecule has 2 aliphatic carbocycles. The van der Waals surface area contributed by atoms with Gasteiger partial charge in [-0.15, -0.1) is 0 Å². The van der Waals surface area contributed by atoms with Crippen LogP contribution in [0.4, 0.5) is 0 Å². The molecule has 3 rings (SSSR count). The molecular weight excluding hydrogens is 350 g/mol.